The number of benzene rings is 1. The highest BCUT2D eigenvalue weighted by Gasteiger charge is 2.27. The molecule has 3 rings (SSSR count). The molecule has 0 bridgehead atoms. The first-order valence-electron chi connectivity index (χ1n) is 7.29. The lowest BCUT2D eigenvalue weighted by Gasteiger charge is -2.18. The van der Waals surface area contributed by atoms with Gasteiger partial charge in [-0.05, 0) is 18.4 Å². The van der Waals surface area contributed by atoms with Gasteiger partial charge >= 0.3 is 0 Å². The van der Waals surface area contributed by atoms with E-state index in [9.17, 15) is 5.11 Å². The summed E-state index contributed by atoms with van der Waals surface area (Å²) in [5.41, 5.74) is 1.04. The predicted octanol–water partition coefficient (Wildman–Crippen LogP) is 2.54. The average molecular weight is 284 g/mol. The van der Waals surface area contributed by atoms with E-state index in [-0.39, 0.29) is 12.6 Å². The molecule has 5 nitrogen and oxygen atoms in total. The molecule has 21 heavy (non-hydrogen) atoms. The fourth-order valence-electron chi connectivity index (χ4n) is 2.29. The van der Waals surface area contributed by atoms with Gasteiger partial charge in [-0.25, -0.2) is 9.97 Å². The Kier molecular flexibility index (Phi) is 4.01. The molecule has 1 fully saturated rings. The zero-order chi connectivity index (χ0) is 14.7. The molecule has 1 aliphatic rings. The van der Waals surface area contributed by atoms with Crippen LogP contribution in [0.4, 0.5) is 11.6 Å². The number of aromatic nitrogens is 2. The fraction of sp³-hybridized carbons (Fsp3) is 0.375. The van der Waals surface area contributed by atoms with Crippen LogP contribution in [0, 0.1) is 0 Å². The molecule has 1 unspecified atom stereocenters. The average Bonchev–Trinajstić information content (AvgIpc) is 3.38. The van der Waals surface area contributed by atoms with E-state index in [1.54, 1.807) is 0 Å². The van der Waals surface area contributed by atoms with Gasteiger partial charge in [0, 0.05) is 19.0 Å². The minimum atomic E-state index is -0.169. The molecular formula is C16H20N4O. The molecule has 5 heteroatoms. The number of aliphatic hydroxyl groups excluding tert-OH is 1. The van der Waals surface area contributed by atoms with Crippen molar-refractivity contribution in [2.75, 3.05) is 24.3 Å². The predicted molar refractivity (Wildman–Crippen MR) is 83.4 cm³/mol. The quantitative estimate of drug-likeness (QED) is 0.760. The minimum Gasteiger partial charge on any atom is -0.394 e. The molecular weight excluding hydrogens is 264 g/mol. The fourth-order valence-corrected chi connectivity index (χ4v) is 2.29. The van der Waals surface area contributed by atoms with Gasteiger partial charge in [0.2, 0.25) is 0 Å². The van der Waals surface area contributed by atoms with E-state index in [4.69, 9.17) is 0 Å². The third-order valence-corrected chi connectivity index (χ3v) is 3.65. The van der Waals surface area contributed by atoms with Crippen LogP contribution in [0.3, 0.4) is 0 Å². The van der Waals surface area contributed by atoms with Crippen molar-refractivity contribution in [3.8, 4) is 0 Å². The molecule has 1 atom stereocenters. The highest BCUT2D eigenvalue weighted by Crippen LogP contribution is 2.39. The van der Waals surface area contributed by atoms with Crippen molar-refractivity contribution in [2.45, 2.75) is 24.8 Å². The van der Waals surface area contributed by atoms with E-state index in [2.05, 4.69) is 20.6 Å². The Balaban J connectivity index is 1.84. The van der Waals surface area contributed by atoms with Crippen LogP contribution in [0.1, 0.15) is 36.2 Å². The van der Waals surface area contributed by atoms with Crippen LogP contribution in [0.2, 0.25) is 0 Å². The lowest BCUT2D eigenvalue weighted by atomic mass is 10.1. The summed E-state index contributed by atoms with van der Waals surface area (Å²) in [5.74, 6) is 2.93. The lowest BCUT2D eigenvalue weighted by Crippen LogP contribution is -2.16. The normalized spacial score (nSPS) is 15.5. The van der Waals surface area contributed by atoms with Crippen LogP contribution in [0.25, 0.3) is 0 Å². The van der Waals surface area contributed by atoms with Gasteiger partial charge in [-0.3, -0.25) is 0 Å². The Morgan fingerprint density at radius 3 is 2.52 bits per heavy atom. The van der Waals surface area contributed by atoms with Crippen LogP contribution >= 0.6 is 0 Å². The summed E-state index contributed by atoms with van der Waals surface area (Å²) in [6.07, 6.45) is 2.32. The zero-order valence-corrected chi connectivity index (χ0v) is 12.1. The molecule has 1 heterocycles. The number of hydrogen-bond donors (Lipinski definition) is 3. The molecule has 1 aliphatic carbocycles. The molecule has 3 N–H and O–H groups in total. The standard InChI is InChI=1S/C16H20N4O/c1-17-14-9-15(20-16(19-14)12-7-8-12)18-13(10-21)11-5-3-2-4-6-11/h2-6,9,12-13,21H,7-8,10H2,1H3,(H2,17,18,19,20). The second-order valence-corrected chi connectivity index (χ2v) is 5.31. The molecule has 1 aromatic carbocycles. The van der Waals surface area contributed by atoms with E-state index >= 15 is 0 Å². The number of anilines is 2. The topological polar surface area (TPSA) is 70.1 Å². The summed E-state index contributed by atoms with van der Waals surface area (Å²) in [6.45, 7) is 0.0155. The van der Waals surface area contributed by atoms with E-state index < -0.39 is 0 Å². The van der Waals surface area contributed by atoms with E-state index in [1.165, 1.54) is 0 Å². The molecule has 110 valence electrons. The molecule has 1 saturated carbocycles. The highest BCUT2D eigenvalue weighted by atomic mass is 16.3. The van der Waals surface area contributed by atoms with Crippen LogP contribution in [0.5, 0.6) is 0 Å². The molecule has 0 radical (unpaired) electrons. The number of hydrogen-bond acceptors (Lipinski definition) is 5. The zero-order valence-electron chi connectivity index (χ0n) is 12.1. The van der Waals surface area contributed by atoms with Gasteiger partial charge < -0.3 is 15.7 Å². The number of aliphatic hydroxyl groups is 1. The Labute approximate surface area is 124 Å². The summed E-state index contributed by atoms with van der Waals surface area (Å²) in [5, 5.41) is 16.0. The van der Waals surface area contributed by atoms with Crippen LogP contribution < -0.4 is 10.6 Å². The number of nitrogens with one attached hydrogen (secondary N) is 2. The molecule has 0 saturated heterocycles. The summed E-state index contributed by atoms with van der Waals surface area (Å²) in [6, 6.07) is 11.6. The van der Waals surface area contributed by atoms with E-state index in [0.29, 0.717) is 5.92 Å². The first-order chi connectivity index (χ1) is 10.3. The van der Waals surface area contributed by atoms with Crippen molar-refractivity contribution in [1.82, 2.24) is 9.97 Å². The van der Waals surface area contributed by atoms with Gasteiger partial charge in [0.15, 0.2) is 0 Å². The highest BCUT2D eigenvalue weighted by molar-refractivity contribution is 5.49. The van der Waals surface area contributed by atoms with Gasteiger partial charge in [0.05, 0.1) is 12.6 Å². The minimum absolute atomic E-state index is 0.0155. The Morgan fingerprint density at radius 1 is 1.19 bits per heavy atom. The maximum atomic E-state index is 9.64. The largest absolute Gasteiger partial charge is 0.394 e. The van der Waals surface area contributed by atoms with E-state index in [0.717, 1.165) is 35.9 Å². The SMILES string of the molecule is CNc1cc(NC(CO)c2ccccc2)nc(C2CC2)n1. The van der Waals surface area contributed by atoms with Crippen molar-refractivity contribution in [3.63, 3.8) is 0 Å². The van der Waals surface area contributed by atoms with Gasteiger partial charge in [0.25, 0.3) is 0 Å². The van der Waals surface area contributed by atoms with E-state index in [1.807, 2.05) is 43.4 Å². The molecule has 2 aromatic rings. The Morgan fingerprint density at radius 2 is 1.90 bits per heavy atom. The molecule has 0 spiro atoms. The van der Waals surface area contributed by atoms with Gasteiger partial charge in [-0.15, -0.1) is 0 Å². The van der Waals surface area contributed by atoms with Crippen LogP contribution in [-0.4, -0.2) is 28.7 Å². The Hall–Kier alpha value is -2.14. The maximum Gasteiger partial charge on any atom is 0.136 e. The molecule has 0 aliphatic heterocycles. The Bertz CT molecular complexity index is 598. The second-order valence-electron chi connectivity index (χ2n) is 5.31. The summed E-state index contributed by atoms with van der Waals surface area (Å²) < 4.78 is 0. The van der Waals surface area contributed by atoms with Crippen molar-refractivity contribution >= 4 is 11.6 Å². The third kappa shape index (κ3) is 3.31. The van der Waals surface area contributed by atoms with Crippen molar-refractivity contribution in [3.05, 3.63) is 47.8 Å². The monoisotopic (exact) mass is 284 g/mol. The molecule has 0 amide bonds. The lowest BCUT2D eigenvalue weighted by molar-refractivity contribution is 0.276. The van der Waals surface area contributed by atoms with Gasteiger partial charge in [-0.2, -0.15) is 0 Å². The third-order valence-electron chi connectivity index (χ3n) is 3.65. The summed E-state index contributed by atoms with van der Waals surface area (Å²) >= 11 is 0. The van der Waals surface area contributed by atoms with Crippen molar-refractivity contribution in [2.24, 2.45) is 0 Å². The second kappa shape index (κ2) is 6.10. The van der Waals surface area contributed by atoms with Crippen molar-refractivity contribution in [1.29, 1.82) is 0 Å². The molecule has 1 aromatic heterocycles. The summed E-state index contributed by atoms with van der Waals surface area (Å²) in [4.78, 5) is 9.08. The maximum absolute atomic E-state index is 9.64. The van der Waals surface area contributed by atoms with Crippen LogP contribution in [-0.2, 0) is 0 Å². The van der Waals surface area contributed by atoms with Gasteiger partial charge in [-0.1, -0.05) is 30.3 Å². The van der Waals surface area contributed by atoms with Crippen molar-refractivity contribution < 1.29 is 5.11 Å². The summed E-state index contributed by atoms with van der Waals surface area (Å²) in [7, 11) is 1.85. The number of nitrogens with zero attached hydrogens (tertiary/aromatic N) is 2. The van der Waals surface area contributed by atoms with Crippen LogP contribution in [0.15, 0.2) is 36.4 Å². The smallest absolute Gasteiger partial charge is 0.136 e. The van der Waals surface area contributed by atoms with Gasteiger partial charge in [0.1, 0.15) is 17.5 Å². The first kappa shape index (κ1) is 13.8. The first-order valence-corrected chi connectivity index (χ1v) is 7.29. The number of rotatable bonds is 6.